The molecular formula is C16H25N3O3. The molecule has 1 saturated heterocycles. The number of hydrogen-bond acceptors (Lipinski definition) is 4. The minimum absolute atomic E-state index is 0.0154. The first-order valence-electron chi connectivity index (χ1n) is 8.20. The van der Waals surface area contributed by atoms with Gasteiger partial charge in [0.2, 0.25) is 5.91 Å². The van der Waals surface area contributed by atoms with E-state index in [0.717, 1.165) is 30.8 Å². The molecule has 2 aliphatic rings. The van der Waals surface area contributed by atoms with Crippen LogP contribution in [0.2, 0.25) is 0 Å². The Morgan fingerprint density at radius 1 is 1.45 bits per heavy atom. The van der Waals surface area contributed by atoms with Crippen LogP contribution in [0.5, 0.6) is 0 Å². The number of aromatic amines is 1. The minimum atomic E-state index is -0.0154. The summed E-state index contributed by atoms with van der Waals surface area (Å²) in [6, 6.07) is 2.07. The first-order chi connectivity index (χ1) is 10.7. The Balaban J connectivity index is 1.37. The number of ether oxygens (including phenoxy) is 2. The molecule has 3 rings (SSSR count). The van der Waals surface area contributed by atoms with Crippen molar-refractivity contribution in [3.8, 4) is 0 Å². The second-order valence-electron chi connectivity index (χ2n) is 6.35. The van der Waals surface area contributed by atoms with Crippen LogP contribution in [0.3, 0.4) is 0 Å². The zero-order valence-corrected chi connectivity index (χ0v) is 13.2. The summed E-state index contributed by atoms with van der Waals surface area (Å²) < 4.78 is 11.1. The van der Waals surface area contributed by atoms with Crippen LogP contribution in [-0.4, -0.2) is 54.0 Å². The van der Waals surface area contributed by atoms with E-state index in [1.807, 2.05) is 0 Å². The van der Waals surface area contributed by atoms with Crippen LogP contribution in [0.1, 0.15) is 49.4 Å². The maximum atomic E-state index is 12.1. The Labute approximate surface area is 131 Å². The Morgan fingerprint density at radius 2 is 2.32 bits per heavy atom. The Hall–Kier alpha value is -1.40. The van der Waals surface area contributed by atoms with Crippen molar-refractivity contribution in [2.45, 2.75) is 50.7 Å². The molecule has 122 valence electrons. The van der Waals surface area contributed by atoms with Gasteiger partial charge in [0.05, 0.1) is 30.6 Å². The third-order valence-electron chi connectivity index (χ3n) is 4.28. The maximum absolute atomic E-state index is 12.1. The van der Waals surface area contributed by atoms with Gasteiger partial charge in [0.25, 0.3) is 0 Å². The van der Waals surface area contributed by atoms with E-state index in [1.54, 1.807) is 11.9 Å². The number of amides is 1. The molecule has 22 heavy (non-hydrogen) atoms. The summed E-state index contributed by atoms with van der Waals surface area (Å²) in [7, 11) is 1.79. The number of H-pyrrole nitrogens is 1. The maximum Gasteiger partial charge on any atom is 0.248 e. The molecule has 2 heterocycles. The second-order valence-corrected chi connectivity index (χ2v) is 6.35. The molecule has 0 aromatic carbocycles. The molecule has 1 aliphatic heterocycles. The molecule has 0 unspecified atom stereocenters. The van der Waals surface area contributed by atoms with Crippen LogP contribution >= 0.6 is 0 Å². The number of nitrogens with zero attached hydrogens (tertiary/aromatic N) is 2. The summed E-state index contributed by atoms with van der Waals surface area (Å²) in [5.41, 5.74) is 2.11. The Kier molecular flexibility index (Phi) is 5.10. The molecule has 1 aliphatic carbocycles. The lowest BCUT2D eigenvalue weighted by Gasteiger charge is -2.23. The number of hydrogen-bond donors (Lipinski definition) is 1. The van der Waals surface area contributed by atoms with E-state index < -0.39 is 0 Å². The molecule has 1 amide bonds. The number of carbonyl (C=O) groups excluding carboxylic acids is 1. The predicted octanol–water partition coefficient (Wildman–Crippen LogP) is 1.83. The average Bonchev–Trinajstić information content (AvgIpc) is 3.28. The van der Waals surface area contributed by atoms with Gasteiger partial charge in [-0.1, -0.05) is 0 Å². The monoisotopic (exact) mass is 307 g/mol. The molecule has 0 radical (unpaired) electrons. The van der Waals surface area contributed by atoms with Gasteiger partial charge in [0.1, 0.15) is 6.61 Å². The van der Waals surface area contributed by atoms with Crippen molar-refractivity contribution in [3.63, 3.8) is 0 Å². The van der Waals surface area contributed by atoms with Crippen molar-refractivity contribution in [1.82, 2.24) is 15.1 Å². The first-order valence-corrected chi connectivity index (χ1v) is 8.20. The van der Waals surface area contributed by atoms with E-state index in [4.69, 9.17) is 9.47 Å². The van der Waals surface area contributed by atoms with Crippen LogP contribution in [0.4, 0.5) is 0 Å². The first kappa shape index (κ1) is 15.5. The summed E-state index contributed by atoms with van der Waals surface area (Å²) in [5.74, 6) is 0.614. The van der Waals surface area contributed by atoms with Crippen LogP contribution in [0, 0.1) is 0 Å². The molecule has 6 nitrogen and oxygen atoms in total. The zero-order chi connectivity index (χ0) is 15.4. The third-order valence-corrected chi connectivity index (χ3v) is 4.28. The highest BCUT2D eigenvalue weighted by molar-refractivity contribution is 5.77. The number of nitrogens with one attached hydrogen (secondary N) is 1. The number of aromatic nitrogens is 2. The van der Waals surface area contributed by atoms with E-state index in [1.165, 1.54) is 19.3 Å². The van der Waals surface area contributed by atoms with Crippen LogP contribution in [-0.2, 0) is 20.8 Å². The topological polar surface area (TPSA) is 67.5 Å². The SMILES string of the molecule is CN(Cc1cc(C2CC2)n[nH]1)C(=O)COC[C@@H]1CCCCO1. The molecule has 1 aromatic heterocycles. The highest BCUT2D eigenvalue weighted by atomic mass is 16.5. The molecule has 0 spiro atoms. The third kappa shape index (κ3) is 4.30. The van der Waals surface area contributed by atoms with Crippen molar-refractivity contribution in [1.29, 1.82) is 0 Å². The zero-order valence-electron chi connectivity index (χ0n) is 13.2. The fourth-order valence-electron chi connectivity index (χ4n) is 2.72. The molecule has 1 N–H and O–H groups in total. The summed E-state index contributed by atoms with van der Waals surface area (Å²) in [5, 5.41) is 7.32. The van der Waals surface area contributed by atoms with Gasteiger partial charge in [-0.15, -0.1) is 0 Å². The normalized spacial score (nSPS) is 21.8. The van der Waals surface area contributed by atoms with Crippen molar-refractivity contribution < 1.29 is 14.3 Å². The fourth-order valence-corrected chi connectivity index (χ4v) is 2.72. The molecule has 0 bridgehead atoms. The van der Waals surface area contributed by atoms with Gasteiger partial charge in [-0.3, -0.25) is 9.89 Å². The molecule has 2 fully saturated rings. The smallest absolute Gasteiger partial charge is 0.248 e. The molecule has 1 aromatic rings. The summed E-state index contributed by atoms with van der Waals surface area (Å²) >= 11 is 0. The average molecular weight is 307 g/mol. The predicted molar refractivity (Wildman–Crippen MR) is 81.4 cm³/mol. The van der Waals surface area contributed by atoms with E-state index in [-0.39, 0.29) is 18.6 Å². The number of likely N-dealkylation sites (N-methyl/N-ethyl adjacent to an activating group) is 1. The highest BCUT2D eigenvalue weighted by Gasteiger charge is 2.26. The summed E-state index contributed by atoms with van der Waals surface area (Å²) in [6.07, 6.45) is 5.96. The standard InChI is InChI=1S/C16H25N3O3/c1-19(9-13-8-15(18-17-13)12-5-6-12)16(20)11-21-10-14-4-2-3-7-22-14/h8,12,14H,2-7,9-11H2,1H3,(H,17,18)/t14-/m0/s1. The molecule has 6 heteroatoms. The number of rotatable bonds is 7. The van der Waals surface area contributed by atoms with E-state index in [9.17, 15) is 4.79 Å². The molecule has 1 atom stereocenters. The Morgan fingerprint density at radius 3 is 3.05 bits per heavy atom. The van der Waals surface area contributed by atoms with Gasteiger partial charge in [0, 0.05) is 19.6 Å². The Bertz CT molecular complexity index is 493. The van der Waals surface area contributed by atoms with Crippen LogP contribution in [0.15, 0.2) is 6.07 Å². The minimum Gasteiger partial charge on any atom is -0.376 e. The van der Waals surface area contributed by atoms with Crippen molar-refractivity contribution in [3.05, 3.63) is 17.5 Å². The van der Waals surface area contributed by atoms with Gasteiger partial charge >= 0.3 is 0 Å². The van der Waals surface area contributed by atoms with Crippen LogP contribution in [0.25, 0.3) is 0 Å². The van der Waals surface area contributed by atoms with Crippen molar-refractivity contribution >= 4 is 5.91 Å². The van der Waals surface area contributed by atoms with Crippen molar-refractivity contribution in [2.75, 3.05) is 26.9 Å². The van der Waals surface area contributed by atoms with E-state index >= 15 is 0 Å². The lowest BCUT2D eigenvalue weighted by molar-refractivity contribution is -0.137. The van der Waals surface area contributed by atoms with Crippen molar-refractivity contribution in [2.24, 2.45) is 0 Å². The van der Waals surface area contributed by atoms with Gasteiger partial charge in [0.15, 0.2) is 0 Å². The largest absolute Gasteiger partial charge is 0.376 e. The molecular weight excluding hydrogens is 282 g/mol. The van der Waals surface area contributed by atoms with E-state index in [0.29, 0.717) is 19.1 Å². The molecule has 1 saturated carbocycles. The van der Waals surface area contributed by atoms with Crippen LogP contribution < -0.4 is 0 Å². The highest BCUT2D eigenvalue weighted by Crippen LogP contribution is 2.39. The lowest BCUT2D eigenvalue weighted by Crippen LogP contribution is -2.32. The second kappa shape index (κ2) is 7.24. The van der Waals surface area contributed by atoms with E-state index in [2.05, 4.69) is 16.3 Å². The fraction of sp³-hybridized carbons (Fsp3) is 0.750. The lowest BCUT2D eigenvalue weighted by atomic mass is 10.1. The quantitative estimate of drug-likeness (QED) is 0.834. The van der Waals surface area contributed by atoms with Gasteiger partial charge in [-0.25, -0.2) is 0 Å². The summed E-state index contributed by atoms with van der Waals surface area (Å²) in [6.45, 7) is 1.97. The summed E-state index contributed by atoms with van der Waals surface area (Å²) in [4.78, 5) is 13.7. The van der Waals surface area contributed by atoms with Gasteiger partial charge < -0.3 is 14.4 Å². The van der Waals surface area contributed by atoms with Gasteiger partial charge in [-0.2, -0.15) is 5.10 Å². The number of carbonyl (C=O) groups is 1. The van der Waals surface area contributed by atoms with Gasteiger partial charge in [-0.05, 0) is 38.2 Å².